The van der Waals surface area contributed by atoms with Crippen LogP contribution >= 0.6 is 11.8 Å². The Labute approximate surface area is 146 Å². The first-order valence-corrected chi connectivity index (χ1v) is 8.01. The molecule has 0 bridgehead atoms. The quantitative estimate of drug-likeness (QED) is 0.596. The predicted octanol–water partition coefficient (Wildman–Crippen LogP) is 4.94. The van der Waals surface area contributed by atoms with Gasteiger partial charge in [-0.1, -0.05) is 6.07 Å². The Bertz CT molecular complexity index is 747. The number of alkyl halides is 3. The minimum Gasteiger partial charge on any atom is -0.494 e. The minimum atomic E-state index is -4.38. The number of hydrogen-bond acceptors (Lipinski definition) is 3. The van der Waals surface area contributed by atoms with E-state index in [1.165, 1.54) is 43.5 Å². The third-order valence-corrected chi connectivity index (χ3v) is 4.11. The van der Waals surface area contributed by atoms with Crippen molar-refractivity contribution in [1.29, 1.82) is 0 Å². The summed E-state index contributed by atoms with van der Waals surface area (Å²) >= 11 is -0.248. The average Bonchev–Trinajstić information content (AvgIpc) is 2.53. The molecule has 0 saturated carbocycles. The molecule has 0 saturated heterocycles. The van der Waals surface area contributed by atoms with Crippen LogP contribution in [-0.2, 0) is 0 Å². The lowest BCUT2D eigenvalue weighted by Crippen LogP contribution is -2.26. The van der Waals surface area contributed by atoms with Crippen LogP contribution in [0.1, 0.15) is 28.9 Å². The van der Waals surface area contributed by atoms with Crippen LogP contribution in [0.4, 0.5) is 17.6 Å². The Morgan fingerprint density at radius 2 is 1.80 bits per heavy atom. The summed E-state index contributed by atoms with van der Waals surface area (Å²) < 4.78 is 55.4. The molecule has 2 aromatic rings. The Balaban J connectivity index is 2.04. The number of halogens is 4. The number of carbonyl (C=O) groups excluding carboxylic acids is 1. The number of thioether (sulfide) groups is 1. The molecule has 2 rings (SSSR count). The predicted molar refractivity (Wildman–Crippen MR) is 87.2 cm³/mol. The normalized spacial score (nSPS) is 12.6. The molecule has 0 aliphatic heterocycles. The second-order valence-electron chi connectivity index (χ2n) is 5.16. The van der Waals surface area contributed by atoms with E-state index in [1.807, 2.05) is 0 Å². The van der Waals surface area contributed by atoms with E-state index in [0.717, 1.165) is 0 Å². The summed E-state index contributed by atoms with van der Waals surface area (Å²) in [5, 5.41) is 2.67. The molecule has 0 aliphatic carbocycles. The molecule has 25 heavy (non-hydrogen) atoms. The van der Waals surface area contributed by atoms with E-state index in [9.17, 15) is 22.4 Å². The maximum atomic E-state index is 13.7. The van der Waals surface area contributed by atoms with Crippen molar-refractivity contribution in [3.63, 3.8) is 0 Å². The second-order valence-corrected chi connectivity index (χ2v) is 6.30. The number of rotatable bonds is 5. The summed E-state index contributed by atoms with van der Waals surface area (Å²) in [6, 6.07) is 8.92. The Hall–Kier alpha value is -2.22. The number of amides is 1. The fraction of sp³-hybridized carbons (Fsp3) is 0.235. The van der Waals surface area contributed by atoms with Crippen LogP contribution in [0.15, 0.2) is 47.4 Å². The van der Waals surface area contributed by atoms with Crippen molar-refractivity contribution in [3.05, 3.63) is 59.4 Å². The van der Waals surface area contributed by atoms with E-state index in [1.54, 1.807) is 13.0 Å². The SMILES string of the molecule is COc1ccc([C@H](C)NC(=O)c2ccc(SC(F)(F)F)cc2)cc1F. The van der Waals surface area contributed by atoms with Crippen molar-refractivity contribution in [1.82, 2.24) is 5.32 Å². The molecule has 1 amide bonds. The Kier molecular flexibility index (Phi) is 5.94. The standard InChI is InChI=1S/C17H15F4NO2S/c1-10(12-5-8-15(24-2)14(18)9-12)22-16(23)11-3-6-13(7-4-11)25-17(19,20)21/h3-10H,1-2H3,(H,22,23)/t10-/m0/s1. The molecule has 0 fully saturated rings. The summed E-state index contributed by atoms with van der Waals surface area (Å²) in [6.07, 6.45) is 0. The molecule has 0 radical (unpaired) electrons. The van der Waals surface area contributed by atoms with Crippen LogP contribution in [-0.4, -0.2) is 18.5 Å². The summed E-state index contributed by atoms with van der Waals surface area (Å²) in [4.78, 5) is 12.2. The van der Waals surface area contributed by atoms with Gasteiger partial charge in [-0.15, -0.1) is 0 Å². The van der Waals surface area contributed by atoms with Crippen molar-refractivity contribution in [3.8, 4) is 5.75 Å². The number of carbonyl (C=O) groups is 1. The number of hydrogen-bond donors (Lipinski definition) is 1. The van der Waals surface area contributed by atoms with Crippen LogP contribution in [0.5, 0.6) is 5.75 Å². The second kappa shape index (κ2) is 7.77. The van der Waals surface area contributed by atoms with Crippen LogP contribution in [0.2, 0.25) is 0 Å². The fourth-order valence-corrected chi connectivity index (χ4v) is 2.66. The van der Waals surface area contributed by atoms with E-state index in [-0.39, 0.29) is 28.0 Å². The first-order chi connectivity index (χ1) is 11.7. The molecule has 0 heterocycles. The maximum absolute atomic E-state index is 13.7. The van der Waals surface area contributed by atoms with Gasteiger partial charge in [0.15, 0.2) is 11.6 Å². The lowest BCUT2D eigenvalue weighted by atomic mass is 10.1. The first-order valence-electron chi connectivity index (χ1n) is 7.19. The van der Waals surface area contributed by atoms with Crippen LogP contribution in [0, 0.1) is 5.82 Å². The molecule has 0 aromatic heterocycles. The zero-order chi connectivity index (χ0) is 18.6. The lowest BCUT2D eigenvalue weighted by molar-refractivity contribution is -0.0328. The Morgan fingerprint density at radius 3 is 2.32 bits per heavy atom. The molecule has 0 unspecified atom stereocenters. The van der Waals surface area contributed by atoms with E-state index in [4.69, 9.17) is 4.74 Å². The van der Waals surface area contributed by atoms with Gasteiger partial charge in [-0.3, -0.25) is 4.79 Å². The molecule has 0 aliphatic rings. The molecule has 1 N–H and O–H groups in total. The highest BCUT2D eigenvalue weighted by Gasteiger charge is 2.29. The summed E-state index contributed by atoms with van der Waals surface area (Å²) in [6.45, 7) is 1.67. The van der Waals surface area contributed by atoms with Crippen molar-refractivity contribution in [2.24, 2.45) is 0 Å². The van der Waals surface area contributed by atoms with Crippen molar-refractivity contribution >= 4 is 17.7 Å². The van der Waals surface area contributed by atoms with Gasteiger partial charge in [0.25, 0.3) is 5.91 Å². The van der Waals surface area contributed by atoms with Gasteiger partial charge < -0.3 is 10.1 Å². The molecule has 134 valence electrons. The fourth-order valence-electron chi connectivity index (χ4n) is 2.12. The molecule has 0 spiro atoms. The largest absolute Gasteiger partial charge is 0.494 e. The van der Waals surface area contributed by atoms with Crippen LogP contribution < -0.4 is 10.1 Å². The number of benzene rings is 2. The number of methoxy groups -OCH3 is 1. The van der Waals surface area contributed by atoms with Crippen molar-refractivity contribution in [2.75, 3.05) is 7.11 Å². The summed E-state index contributed by atoms with van der Waals surface area (Å²) in [7, 11) is 1.35. The van der Waals surface area contributed by atoms with E-state index >= 15 is 0 Å². The monoisotopic (exact) mass is 373 g/mol. The minimum absolute atomic E-state index is 0.00526. The highest BCUT2D eigenvalue weighted by Crippen LogP contribution is 2.36. The van der Waals surface area contributed by atoms with Crippen LogP contribution in [0.25, 0.3) is 0 Å². The maximum Gasteiger partial charge on any atom is 0.446 e. The smallest absolute Gasteiger partial charge is 0.446 e. The lowest BCUT2D eigenvalue weighted by Gasteiger charge is -2.15. The van der Waals surface area contributed by atoms with E-state index in [0.29, 0.717) is 5.56 Å². The highest BCUT2D eigenvalue weighted by atomic mass is 32.2. The third kappa shape index (κ3) is 5.38. The first kappa shape index (κ1) is 19.1. The van der Waals surface area contributed by atoms with Crippen molar-refractivity contribution in [2.45, 2.75) is 23.4 Å². The average molecular weight is 373 g/mol. The molecular formula is C17H15F4NO2S. The van der Waals surface area contributed by atoms with Crippen molar-refractivity contribution < 1.29 is 27.1 Å². The van der Waals surface area contributed by atoms with Gasteiger partial charge in [0.2, 0.25) is 0 Å². The van der Waals surface area contributed by atoms with Gasteiger partial charge in [0.1, 0.15) is 0 Å². The van der Waals surface area contributed by atoms with Gasteiger partial charge in [-0.25, -0.2) is 4.39 Å². The third-order valence-electron chi connectivity index (χ3n) is 3.37. The summed E-state index contributed by atoms with van der Waals surface area (Å²) in [5.74, 6) is -0.915. The number of ether oxygens (including phenoxy) is 1. The van der Waals surface area contributed by atoms with Gasteiger partial charge in [-0.2, -0.15) is 13.2 Å². The van der Waals surface area contributed by atoms with Gasteiger partial charge >= 0.3 is 5.51 Å². The van der Waals surface area contributed by atoms with E-state index in [2.05, 4.69) is 5.32 Å². The van der Waals surface area contributed by atoms with E-state index < -0.39 is 23.3 Å². The highest BCUT2D eigenvalue weighted by molar-refractivity contribution is 8.00. The molecule has 1 atom stereocenters. The molecule has 3 nitrogen and oxygen atoms in total. The molecule has 8 heteroatoms. The summed E-state index contributed by atoms with van der Waals surface area (Å²) in [5.41, 5.74) is -3.63. The topological polar surface area (TPSA) is 38.3 Å². The van der Waals surface area contributed by atoms with Gasteiger partial charge in [0, 0.05) is 10.5 Å². The van der Waals surface area contributed by atoms with Crippen LogP contribution in [0.3, 0.4) is 0 Å². The number of nitrogens with one attached hydrogen (secondary N) is 1. The molecular weight excluding hydrogens is 358 g/mol. The van der Waals surface area contributed by atoms with Gasteiger partial charge in [0.05, 0.1) is 13.2 Å². The zero-order valence-corrected chi connectivity index (χ0v) is 14.2. The molecule has 2 aromatic carbocycles. The zero-order valence-electron chi connectivity index (χ0n) is 13.4. The Morgan fingerprint density at radius 1 is 1.16 bits per heavy atom. The van der Waals surface area contributed by atoms with Gasteiger partial charge in [-0.05, 0) is 60.6 Å².